The Kier molecular flexibility index (Phi) is 5.10. The van der Waals surface area contributed by atoms with Crippen LogP contribution in [0.15, 0.2) is 0 Å². The minimum atomic E-state index is 0.226. The smallest absolute Gasteiger partial charge is 0.223 e. The van der Waals surface area contributed by atoms with Gasteiger partial charge in [-0.1, -0.05) is 20.8 Å². The molecular formula is C13H24ClNO. The molecule has 0 saturated carbocycles. The fourth-order valence-electron chi connectivity index (χ4n) is 2.45. The van der Waals surface area contributed by atoms with Gasteiger partial charge in [-0.3, -0.25) is 4.79 Å². The van der Waals surface area contributed by atoms with Crippen LogP contribution in [0.2, 0.25) is 0 Å². The van der Waals surface area contributed by atoms with Crippen LogP contribution < -0.4 is 0 Å². The van der Waals surface area contributed by atoms with E-state index < -0.39 is 0 Å². The van der Waals surface area contributed by atoms with Crippen molar-refractivity contribution in [1.29, 1.82) is 0 Å². The summed E-state index contributed by atoms with van der Waals surface area (Å²) in [5.41, 5.74) is 0.367. The van der Waals surface area contributed by atoms with E-state index in [4.69, 9.17) is 11.6 Å². The van der Waals surface area contributed by atoms with E-state index in [-0.39, 0.29) is 5.91 Å². The molecule has 2 nitrogen and oxygen atoms in total. The SMILES string of the molecule is CC(C)(C)C1CCCN(C(=O)CCCl)CC1. The summed E-state index contributed by atoms with van der Waals surface area (Å²) in [7, 11) is 0. The van der Waals surface area contributed by atoms with Gasteiger partial charge in [0.1, 0.15) is 0 Å². The maximum Gasteiger partial charge on any atom is 0.223 e. The zero-order valence-corrected chi connectivity index (χ0v) is 11.5. The van der Waals surface area contributed by atoms with E-state index in [2.05, 4.69) is 20.8 Å². The van der Waals surface area contributed by atoms with E-state index in [0.29, 0.717) is 17.7 Å². The second-order valence-corrected chi connectivity index (χ2v) is 6.19. The number of carbonyl (C=O) groups is 1. The summed E-state index contributed by atoms with van der Waals surface area (Å²) in [5.74, 6) is 1.41. The highest BCUT2D eigenvalue weighted by Crippen LogP contribution is 2.34. The lowest BCUT2D eigenvalue weighted by Gasteiger charge is -2.29. The molecule has 0 aromatic rings. The first-order valence-corrected chi connectivity index (χ1v) is 6.82. The Morgan fingerprint density at radius 2 is 2.00 bits per heavy atom. The third kappa shape index (κ3) is 3.97. The van der Waals surface area contributed by atoms with E-state index in [0.717, 1.165) is 31.8 Å². The molecule has 1 unspecified atom stereocenters. The van der Waals surface area contributed by atoms with Gasteiger partial charge in [-0.25, -0.2) is 0 Å². The lowest BCUT2D eigenvalue weighted by atomic mass is 9.77. The number of hydrogen-bond donors (Lipinski definition) is 0. The maximum absolute atomic E-state index is 11.7. The summed E-state index contributed by atoms with van der Waals surface area (Å²) < 4.78 is 0. The molecule has 0 bridgehead atoms. The molecule has 1 atom stereocenters. The van der Waals surface area contributed by atoms with Crippen LogP contribution in [0.3, 0.4) is 0 Å². The maximum atomic E-state index is 11.7. The van der Waals surface area contributed by atoms with Crippen molar-refractivity contribution in [3.63, 3.8) is 0 Å². The van der Waals surface area contributed by atoms with E-state index in [1.54, 1.807) is 0 Å². The monoisotopic (exact) mass is 245 g/mol. The topological polar surface area (TPSA) is 20.3 Å². The van der Waals surface area contributed by atoms with Crippen LogP contribution in [0.5, 0.6) is 0 Å². The van der Waals surface area contributed by atoms with Crippen LogP contribution in [-0.2, 0) is 4.79 Å². The molecule has 1 aliphatic rings. The Morgan fingerprint density at radius 1 is 1.31 bits per heavy atom. The molecule has 1 amide bonds. The van der Waals surface area contributed by atoms with Gasteiger partial charge in [-0.05, 0) is 30.6 Å². The molecule has 94 valence electrons. The van der Waals surface area contributed by atoms with Crippen molar-refractivity contribution >= 4 is 17.5 Å². The van der Waals surface area contributed by atoms with Crippen LogP contribution in [0.4, 0.5) is 0 Å². The van der Waals surface area contributed by atoms with Gasteiger partial charge in [0.2, 0.25) is 5.91 Å². The first kappa shape index (κ1) is 13.8. The van der Waals surface area contributed by atoms with Crippen LogP contribution in [0, 0.1) is 11.3 Å². The second-order valence-electron chi connectivity index (χ2n) is 5.81. The van der Waals surface area contributed by atoms with Gasteiger partial charge in [-0.2, -0.15) is 0 Å². The molecule has 1 saturated heterocycles. The van der Waals surface area contributed by atoms with Gasteiger partial charge in [0, 0.05) is 25.4 Å². The van der Waals surface area contributed by atoms with Gasteiger partial charge in [0.05, 0.1) is 0 Å². The Hall–Kier alpha value is -0.240. The minimum absolute atomic E-state index is 0.226. The number of likely N-dealkylation sites (tertiary alicyclic amines) is 1. The zero-order valence-electron chi connectivity index (χ0n) is 10.8. The standard InChI is InChI=1S/C13H24ClNO/c1-13(2,3)11-5-4-9-15(10-7-11)12(16)6-8-14/h11H,4-10H2,1-3H3. The van der Waals surface area contributed by atoms with E-state index in [1.807, 2.05) is 4.90 Å². The highest BCUT2D eigenvalue weighted by Gasteiger charge is 2.28. The van der Waals surface area contributed by atoms with Gasteiger partial charge in [-0.15, -0.1) is 11.6 Å². The first-order chi connectivity index (χ1) is 7.45. The molecule has 0 radical (unpaired) electrons. The molecular weight excluding hydrogens is 222 g/mol. The number of halogens is 1. The van der Waals surface area contributed by atoms with Gasteiger partial charge in [0.15, 0.2) is 0 Å². The largest absolute Gasteiger partial charge is 0.343 e. The van der Waals surface area contributed by atoms with Crippen molar-refractivity contribution in [2.75, 3.05) is 19.0 Å². The summed E-state index contributed by atoms with van der Waals surface area (Å²) >= 11 is 5.61. The predicted molar refractivity (Wildman–Crippen MR) is 68.7 cm³/mol. The lowest BCUT2D eigenvalue weighted by Crippen LogP contribution is -2.32. The fraction of sp³-hybridized carbons (Fsp3) is 0.923. The molecule has 3 heteroatoms. The Labute approximate surface area is 104 Å². The molecule has 16 heavy (non-hydrogen) atoms. The van der Waals surface area contributed by atoms with Crippen molar-refractivity contribution in [2.24, 2.45) is 11.3 Å². The third-order valence-corrected chi connectivity index (χ3v) is 3.80. The van der Waals surface area contributed by atoms with Crippen molar-refractivity contribution in [3.05, 3.63) is 0 Å². The summed E-state index contributed by atoms with van der Waals surface area (Å²) in [6.07, 6.45) is 4.00. The minimum Gasteiger partial charge on any atom is -0.343 e. The van der Waals surface area contributed by atoms with Crippen molar-refractivity contribution in [1.82, 2.24) is 4.90 Å². The Morgan fingerprint density at radius 3 is 2.56 bits per heavy atom. The lowest BCUT2D eigenvalue weighted by molar-refractivity contribution is -0.130. The molecule has 0 spiro atoms. The van der Waals surface area contributed by atoms with Crippen LogP contribution >= 0.6 is 11.6 Å². The van der Waals surface area contributed by atoms with Crippen molar-refractivity contribution in [3.8, 4) is 0 Å². The average molecular weight is 246 g/mol. The molecule has 1 rings (SSSR count). The van der Waals surface area contributed by atoms with Crippen LogP contribution in [0.25, 0.3) is 0 Å². The van der Waals surface area contributed by atoms with E-state index in [9.17, 15) is 4.79 Å². The number of hydrogen-bond acceptors (Lipinski definition) is 1. The van der Waals surface area contributed by atoms with Gasteiger partial charge >= 0.3 is 0 Å². The summed E-state index contributed by atoms with van der Waals surface area (Å²) in [5, 5.41) is 0. The van der Waals surface area contributed by atoms with Crippen LogP contribution in [-0.4, -0.2) is 29.8 Å². The normalized spacial score (nSPS) is 23.0. The van der Waals surface area contributed by atoms with E-state index >= 15 is 0 Å². The number of carbonyl (C=O) groups excluding carboxylic acids is 1. The number of nitrogens with zero attached hydrogens (tertiary/aromatic N) is 1. The molecule has 0 aromatic carbocycles. The Balaban J connectivity index is 2.49. The molecule has 1 heterocycles. The number of amides is 1. The quantitative estimate of drug-likeness (QED) is 0.684. The third-order valence-electron chi connectivity index (χ3n) is 3.61. The van der Waals surface area contributed by atoms with Gasteiger partial charge in [0.25, 0.3) is 0 Å². The van der Waals surface area contributed by atoms with E-state index in [1.165, 1.54) is 6.42 Å². The fourth-order valence-corrected chi connectivity index (χ4v) is 2.61. The molecule has 1 fully saturated rings. The number of alkyl halides is 1. The highest BCUT2D eigenvalue weighted by molar-refractivity contribution is 6.18. The summed E-state index contributed by atoms with van der Waals surface area (Å²) in [6.45, 7) is 8.73. The van der Waals surface area contributed by atoms with Crippen LogP contribution in [0.1, 0.15) is 46.5 Å². The summed E-state index contributed by atoms with van der Waals surface area (Å²) in [6, 6.07) is 0. The second kappa shape index (κ2) is 5.90. The molecule has 0 aliphatic carbocycles. The molecule has 0 aromatic heterocycles. The predicted octanol–water partition coefficient (Wildman–Crippen LogP) is 3.29. The van der Waals surface area contributed by atoms with Crippen molar-refractivity contribution < 1.29 is 4.79 Å². The molecule has 0 N–H and O–H groups in total. The van der Waals surface area contributed by atoms with Gasteiger partial charge < -0.3 is 4.90 Å². The summed E-state index contributed by atoms with van der Waals surface area (Å²) in [4.78, 5) is 13.7. The van der Waals surface area contributed by atoms with Crippen molar-refractivity contribution in [2.45, 2.75) is 46.5 Å². The first-order valence-electron chi connectivity index (χ1n) is 6.29. The highest BCUT2D eigenvalue weighted by atomic mass is 35.5. The zero-order chi connectivity index (χ0) is 12.2. The molecule has 1 aliphatic heterocycles. The average Bonchev–Trinajstić information content (AvgIpc) is 2.41. The Bertz CT molecular complexity index is 235. The number of rotatable bonds is 2.